The quantitative estimate of drug-likeness (QED) is 0.457. The molecule has 0 N–H and O–H groups in total. The molecule has 0 saturated heterocycles. The smallest absolute Gasteiger partial charge is 0.365 e. The largest absolute Gasteiger partial charge is 0.416 e. The van der Waals surface area contributed by atoms with E-state index in [1.807, 2.05) is 48.5 Å². The maximum atomic E-state index is 13.0. The second-order valence-electron chi connectivity index (χ2n) is 7.12. The average Bonchev–Trinajstić information content (AvgIpc) is 2.69. The number of anilines is 1. The summed E-state index contributed by atoms with van der Waals surface area (Å²) in [6.07, 6.45) is -4.35. The third-order valence-electron chi connectivity index (χ3n) is 4.87. The molecular weight excluding hydrogens is 375 g/mol. The first-order valence-electron chi connectivity index (χ1n) is 8.98. The Hall–Kier alpha value is -2.79. The lowest BCUT2D eigenvalue weighted by molar-refractivity contribution is -0.137. The number of rotatable bonds is 5. The highest BCUT2D eigenvalue weighted by Gasteiger charge is 2.35. The molecule has 1 nitrogen and oxygen atoms in total. The van der Waals surface area contributed by atoms with E-state index in [0.29, 0.717) is 5.69 Å². The molecule has 144 valence electrons. The van der Waals surface area contributed by atoms with Gasteiger partial charge < -0.3 is 4.57 Å². The van der Waals surface area contributed by atoms with Crippen LogP contribution in [0.5, 0.6) is 0 Å². The first kappa shape index (κ1) is 20.0. The van der Waals surface area contributed by atoms with Gasteiger partial charge in [0.05, 0.1) is 5.56 Å². The van der Waals surface area contributed by atoms with Gasteiger partial charge in [-0.3, -0.25) is 0 Å². The van der Waals surface area contributed by atoms with Gasteiger partial charge in [0.2, 0.25) is 0 Å². The van der Waals surface area contributed by atoms with Crippen LogP contribution in [0.15, 0.2) is 91.5 Å². The molecule has 3 rings (SSSR count). The molecule has 0 amide bonds. The van der Waals surface area contributed by atoms with Gasteiger partial charge in [-0.2, -0.15) is 13.2 Å². The summed E-state index contributed by atoms with van der Waals surface area (Å²) < 4.78 is 41.2. The Morgan fingerprint density at radius 2 is 1.29 bits per heavy atom. The predicted octanol–water partition coefficient (Wildman–Crippen LogP) is 6.30. The van der Waals surface area contributed by atoms with E-state index < -0.39 is 20.0 Å². The zero-order valence-electron chi connectivity index (χ0n) is 15.9. The van der Waals surface area contributed by atoms with Crippen LogP contribution in [0.3, 0.4) is 0 Å². The van der Waals surface area contributed by atoms with E-state index >= 15 is 0 Å². The van der Waals surface area contributed by atoms with Crippen LogP contribution in [0, 0.1) is 0 Å². The lowest BCUT2D eigenvalue weighted by atomic mass is 10.1. The van der Waals surface area contributed by atoms with Crippen LogP contribution in [0.1, 0.15) is 11.1 Å². The fourth-order valence-electron chi connectivity index (χ4n) is 3.35. The van der Waals surface area contributed by atoms with Crippen LogP contribution in [-0.4, -0.2) is 8.24 Å². The van der Waals surface area contributed by atoms with Gasteiger partial charge >= 0.3 is 6.18 Å². The van der Waals surface area contributed by atoms with Crippen molar-refractivity contribution in [2.24, 2.45) is 0 Å². The molecule has 3 aromatic carbocycles. The van der Waals surface area contributed by atoms with Crippen molar-refractivity contribution < 1.29 is 13.2 Å². The minimum Gasteiger partial charge on any atom is -0.365 e. The maximum Gasteiger partial charge on any atom is 0.416 e. The Morgan fingerprint density at radius 3 is 1.79 bits per heavy atom. The lowest BCUT2D eigenvalue weighted by Crippen LogP contribution is -2.57. The van der Waals surface area contributed by atoms with Crippen LogP contribution in [-0.2, 0) is 6.18 Å². The Morgan fingerprint density at radius 1 is 0.786 bits per heavy atom. The van der Waals surface area contributed by atoms with Crippen molar-refractivity contribution >= 4 is 24.8 Å². The molecule has 0 heterocycles. The topological polar surface area (TPSA) is 3.24 Å². The molecular formula is C23H22F3NSi. The van der Waals surface area contributed by atoms with Crippen molar-refractivity contribution in [3.63, 3.8) is 0 Å². The van der Waals surface area contributed by atoms with E-state index in [2.05, 4.69) is 36.4 Å². The standard InChI is InChI=1S/C23H22F3NSi/c1-18(19-10-6-4-7-11-19)27(28(2,3)22-12-8-5-9-13-22)21-16-14-20(15-17-21)23(24,25)26/h4-17H,1H2,2-3H3. The SMILES string of the molecule is C=C(c1ccccc1)N(c1ccc(C(F)(F)F)cc1)[Si](C)(C)c1ccccc1. The van der Waals surface area contributed by atoms with Crippen LogP contribution in [0.2, 0.25) is 13.1 Å². The summed E-state index contributed by atoms with van der Waals surface area (Å²) in [5.74, 6) is 0. The number of benzene rings is 3. The van der Waals surface area contributed by atoms with E-state index in [9.17, 15) is 13.2 Å². The van der Waals surface area contributed by atoms with E-state index in [-0.39, 0.29) is 0 Å². The molecule has 0 bridgehead atoms. The number of nitrogens with zero attached hydrogens (tertiary/aromatic N) is 1. The monoisotopic (exact) mass is 397 g/mol. The molecule has 0 saturated carbocycles. The highest BCUT2D eigenvalue weighted by molar-refractivity contribution is 6.94. The normalized spacial score (nSPS) is 11.9. The van der Waals surface area contributed by atoms with Gasteiger partial charge in [-0.25, -0.2) is 0 Å². The van der Waals surface area contributed by atoms with Crippen molar-refractivity contribution in [1.82, 2.24) is 0 Å². The summed E-state index contributed by atoms with van der Waals surface area (Å²) in [5.41, 5.74) is 1.78. The van der Waals surface area contributed by atoms with E-state index in [4.69, 9.17) is 0 Å². The van der Waals surface area contributed by atoms with Gasteiger partial charge in [0, 0.05) is 11.4 Å². The minimum absolute atomic E-state index is 0.652. The van der Waals surface area contributed by atoms with Crippen LogP contribution in [0.4, 0.5) is 18.9 Å². The summed E-state index contributed by atoms with van der Waals surface area (Å²) in [7, 11) is -2.31. The number of hydrogen-bond donors (Lipinski definition) is 0. The number of halogens is 3. The zero-order valence-corrected chi connectivity index (χ0v) is 16.9. The molecule has 3 aromatic rings. The third kappa shape index (κ3) is 4.04. The van der Waals surface area contributed by atoms with Crippen LogP contribution >= 0.6 is 0 Å². The maximum absolute atomic E-state index is 13.0. The van der Waals surface area contributed by atoms with Crippen molar-refractivity contribution in [3.05, 3.63) is 103 Å². The van der Waals surface area contributed by atoms with Crippen LogP contribution < -0.4 is 9.75 Å². The van der Waals surface area contributed by atoms with Crippen molar-refractivity contribution in [3.8, 4) is 0 Å². The molecule has 0 aliphatic carbocycles. The van der Waals surface area contributed by atoms with E-state index in [1.54, 1.807) is 0 Å². The van der Waals surface area contributed by atoms with E-state index in [1.165, 1.54) is 17.3 Å². The summed E-state index contributed by atoms with van der Waals surface area (Å²) in [4.78, 5) is 0. The first-order chi connectivity index (χ1) is 13.2. The fraction of sp³-hybridized carbons (Fsp3) is 0.130. The number of alkyl halides is 3. The minimum atomic E-state index is -4.35. The second kappa shape index (κ2) is 7.68. The molecule has 0 aliphatic heterocycles. The van der Waals surface area contributed by atoms with Gasteiger partial charge in [-0.1, -0.05) is 67.2 Å². The van der Waals surface area contributed by atoms with Gasteiger partial charge in [0.25, 0.3) is 0 Å². The third-order valence-corrected chi connectivity index (χ3v) is 8.26. The van der Waals surface area contributed by atoms with Gasteiger partial charge in [0.15, 0.2) is 8.24 Å². The fourth-order valence-corrected chi connectivity index (χ4v) is 6.22. The van der Waals surface area contributed by atoms with Gasteiger partial charge in [0.1, 0.15) is 0 Å². The summed E-state index contributed by atoms with van der Waals surface area (Å²) >= 11 is 0. The van der Waals surface area contributed by atoms with Crippen LogP contribution in [0.25, 0.3) is 5.70 Å². The Bertz CT molecular complexity index is 933. The van der Waals surface area contributed by atoms with Crippen molar-refractivity contribution in [1.29, 1.82) is 0 Å². The molecule has 0 spiro atoms. The summed E-state index contributed by atoms with van der Waals surface area (Å²) in [6.45, 7) is 8.65. The zero-order chi connectivity index (χ0) is 20.4. The van der Waals surface area contributed by atoms with Crippen molar-refractivity contribution in [2.75, 3.05) is 4.57 Å². The lowest BCUT2D eigenvalue weighted by Gasteiger charge is -2.41. The molecule has 0 aromatic heterocycles. The van der Waals surface area contributed by atoms with Crippen molar-refractivity contribution in [2.45, 2.75) is 19.3 Å². The van der Waals surface area contributed by atoms with Gasteiger partial charge in [-0.15, -0.1) is 0 Å². The number of hydrogen-bond acceptors (Lipinski definition) is 1. The predicted molar refractivity (Wildman–Crippen MR) is 113 cm³/mol. The Kier molecular flexibility index (Phi) is 5.47. The Balaban J connectivity index is 2.11. The van der Waals surface area contributed by atoms with E-state index in [0.717, 1.165) is 23.4 Å². The molecule has 5 heteroatoms. The molecule has 0 unspecified atom stereocenters. The molecule has 0 fully saturated rings. The Labute approximate surface area is 164 Å². The molecule has 28 heavy (non-hydrogen) atoms. The summed E-state index contributed by atoms with van der Waals surface area (Å²) in [6, 6.07) is 25.1. The molecule has 0 atom stereocenters. The highest BCUT2D eigenvalue weighted by atomic mass is 28.3. The first-order valence-corrected chi connectivity index (χ1v) is 11.9. The molecule has 0 radical (unpaired) electrons. The highest BCUT2D eigenvalue weighted by Crippen LogP contribution is 2.34. The average molecular weight is 398 g/mol. The second-order valence-corrected chi connectivity index (χ2v) is 11.3. The summed E-state index contributed by atoms with van der Waals surface area (Å²) in [5, 5.41) is 1.17. The van der Waals surface area contributed by atoms with Gasteiger partial charge in [-0.05, 0) is 48.1 Å². The molecule has 0 aliphatic rings.